The zero-order valence-corrected chi connectivity index (χ0v) is 11.4. The van der Waals surface area contributed by atoms with Gasteiger partial charge in [-0.05, 0) is 23.3 Å². The number of hydrogen-bond donors (Lipinski definition) is 1. The molecule has 0 amide bonds. The van der Waals surface area contributed by atoms with E-state index in [4.69, 9.17) is 5.73 Å². The second-order valence-electron chi connectivity index (χ2n) is 4.86. The molecule has 1 unspecified atom stereocenters. The maximum Gasteiger partial charge on any atom is 0.330 e. The third-order valence-corrected chi connectivity index (χ3v) is 3.65. The number of nitrogens with zero attached hydrogens (tertiary/aromatic N) is 3. The second-order valence-corrected chi connectivity index (χ2v) is 4.86. The summed E-state index contributed by atoms with van der Waals surface area (Å²) in [5.41, 5.74) is 6.71. The summed E-state index contributed by atoms with van der Waals surface area (Å²) in [7, 11) is 0. The number of rotatable bonds is 3. The minimum Gasteiger partial charge on any atom is -0.378 e. The lowest BCUT2D eigenvalue weighted by Gasteiger charge is -2.16. The molecule has 0 aliphatic heterocycles. The van der Waals surface area contributed by atoms with Crippen molar-refractivity contribution in [1.29, 1.82) is 0 Å². The maximum atomic E-state index is 10.9. The predicted octanol–water partition coefficient (Wildman–Crippen LogP) is 3.14. The summed E-state index contributed by atoms with van der Waals surface area (Å²) in [6, 6.07) is 13.8. The van der Waals surface area contributed by atoms with Crippen molar-refractivity contribution in [1.82, 2.24) is 9.78 Å². The summed E-state index contributed by atoms with van der Waals surface area (Å²) in [5.74, 6) is 0.0698. The van der Waals surface area contributed by atoms with Gasteiger partial charge in [-0.2, -0.15) is 5.10 Å². The van der Waals surface area contributed by atoms with Gasteiger partial charge in [0.2, 0.25) is 5.82 Å². The topological polar surface area (TPSA) is 87.0 Å². The van der Waals surface area contributed by atoms with E-state index in [2.05, 4.69) is 5.10 Å². The molecule has 0 saturated carbocycles. The maximum absolute atomic E-state index is 10.9. The molecule has 1 atom stereocenters. The predicted molar refractivity (Wildman–Crippen MR) is 81.1 cm³/mol. The number of anilines is 1. The van der Waals surface area contributed by atoms with Crippen LogP contribution in [0.4, 0.5) is 11.5 Å². The van der Waals surface area contributed by atoms with Crippen LogP contribution in [0.5, 0.6) is 0 Å². The van der Waals surface area contributed by atoms with E-state index in [0.717, 1.165) is 16.3 Å². The Balaban J connectivity index is 2.13. The summed E-state index contributed by atoms with van der Waals surface area (Å²) in [4.78, 5) is 10.4. The lowest BCUT2D eigenvalue weighted by atomic mass is 10.00. The molecule has 0 saturated heterocycles. The lowest BCUT2D eigenvalue weighted by Crippen LogP contribution is -2.12. The SMILES string of the molecule is CC(c1cccc2ccccc12)n1ncc([N+](=O)[O-])c1N. The fourth-order valence-electron chi connectivity index (χ4n) is 2.56. The Bertz CT molecular complexity index is 820. The van der Waals surface area contributed by atoms with E-state index < -0.39 is 4.92 Å². The summed E-state index contributed by atoms with van der Waals surface area (Å²) in [6.45, 7) is 1.93. The van der Waals surface area contributed by atoms with Crippen LogP contribution in [0.15, 0.2) is 48.7 Å². The fraction of sp³-hybridized carbons (Fsp3) is 0.133. The Kier molecular flexibility index (Phi) is 3.06. The first kappa shape index (κ1) is 13.1. The van der Waals surface area contributed by atoms with Crippen LogP contribution in [0.1, 0.15) is 18.5 Å². The van der Waals surface area contributed by atoms with Crippen LogP contribution in [0.2, 0.25) is 0 Å². The van der Waals surface area contributed by atoms with Crippen LogP contribution < -0.4 is 5.73 Å². The molecule has 0 aliphatic carbocycles. The molecule has 2 N–H and O–H groups in total. The molecule has 106 valence electrons. The van der Waals surface area contributed by atoms with Crippen LogP contribution >= 0.6 is 0 Å². The van der Waals surface area contributed by atoms with E-state index in [-0.39, 0.29) is 17.5 Å². The van der Waals surface area contributed by atoms with Crippen molar-refractivity contribution in [3.63, 3.8) is 0 Å². The molecule has 6 heteroatoms. The Hall–Kier alpha value is -2.89. The molecule has 3 aromatic rings. The first-order valence-corrected chi connectivity index (χ1v) is 6.54. The molecule has 6 nitrogen and oxygen atoms in total. The number of fused-ring (bicyclic) bond motifs is 1. The highest BCUT2D eigenvalue weighted by atomic mass is 16.6. The Morgan fingerprint density at radius 2 is 1.95 bits per heavy atom. The zero-order chi connectivity index (χ0) is 15.0. The van der Waals surface area contributed by atoms with Gasteiger partial charge in [0.05, 0.1) is 11.0 Å². The summed E-state index contributed by atoms with van der Waals surface area (Å²) < 4.78 is 1.49. The molecule has 0 bridgehead atoms. The number of hydrogen-bond acceptors (Lipinski definition) is 4. The average molecular weight is 282 g/mol. The Labute approximate surface area is 121 Å². The molecule has 0 spiro atoms. The summed E-state index contributed by atoms with van der Waals surface area (Å²) in [6.07, 6.45) is 1.19. The molecular formula is C15H14N4O2. The van der Waals surface area contributed by atoms with Crippen LogP contribution in [-0.2, 0) is 0 Å². The van der Waals surface area contributed by atoms with E-state index in [1.165, 1.54) is 10.9 Å². The van der Waals surface area contributed by atoms with Gasteiger partial charge in [-0.15, -0.1) is 0 Å². The van der Waals surface area contributed by atoms with E-state index in [9.17, 15) is 10.1 Å². The van der Waals surface area contributed by atoms with Gasteiger partial charge in [0, 0.05) is 0 Å². The number of nitrogen functional groups attached to an aromatic ring is 1. The number of nitrogens with two attached hydrogens (primary N) is 1. The fourth-order valence-corrected chi connectivity index (χ4v) is 2.56. The van der Waals surface area contributed by atoms with Crippen molar-refractivity contribution < 1.29 is 4.92 Å². The van der Waals surface area contributed by atoms with Gasteiger partial charge in [0.15, 0.2) is 0 Å². The van der Waals surface area contributed by atoms with E-state index in [1.54, 1.807) is 0 Å². The first-order chi connectivity index (χ1) is 10.1. The lowest BCUT2D eigenvalue weighted by molar-refractivity contribution is -0.384. The number of aromatic nitrogens is 2. The largest absolute Gasteiger partial charge is 0.378 e. The van der Waals surface area contributed by atoms with Gasteiger partial charge < -0.3 is 5.73 Å². The molecule has 0 aliphatic rings. The van der Waals surface area contributed by atoms with E-state index in [1.807, 2.05) is 49.4 Å². The monoisotopic (exact) mass is 282 g/mol. The molecule has 21 heavy (non-hydrogen) atoms. The Morgan fingerprint density at radius 3 is 2.67 bits per heavy atom. The van der Waals surface area contributed by atoms with Crippen LogP contribution in [0.3, 0.4) is 0 Å². The highest BCUT2D eigenvalue weighted by molar-refractivity contribution is 5.86. The van der Waals surface area contributed by atoms with Gasteiger partial charge in [0.25, 0.3) is 0 Å². The minimum atomic E-state index is -0.519. The highest BCUT2D eigenvalue weighted by Crippen LogP contribution is 2.30. The third-order valence-electron chi connectivity index (χ3n) is 3.65. The van der Waals surface area contributed by atoms with Crippen LogP contribution in [0, 0.1) is 10.1 Å². The molecule has 1 aromatic heterocycles. The van der Waals surface area contributed by atoms with Gasteiger partial charge in [-0.1, -0.05) is 42.5 Å². The van der Waals surface area contributed by atoms with Crippen molar-refractivity contribution >= 4 is 22.3 Å². The molecular weight excluding hydrogens is 268 g/mol. The standard InChI is InChI=1S/C15H14N4O2/c1-10(18-15(16)14(9-17-18)19(20)21)12-8-4-6-11-5-2-3-7-13(11)12/h2-10H,16H2,1H3. The molecule has 0 fully saturated rings. The van der Waals surface area contributed by atoms with Crippen molar-refractivity contribution in [2.75, 3.05) is 5.73 Å². The Morgan fingerprint density at radius 1 is 1.24 bits per heavy atom. The second kappa shape index (κ2) is 4.90. The van der Waals surface area contributed by atoms with Gasteiger partial charge in [-0.3, -0.25) is 10.1 Å². The first-order valence-electron chi connectivity index (χ1n) is 6.54. The van der Waals surface area contributed by atoms with Crippen molar-refractivity contribution in [2.45, 2.75) is 13.0 Å². The molecule has 3 rings (SSSR count). The van der Waals surface area contributed by atoms with Crippen LogP contribution in [-0.4, -0.2) is 14.7 Å². The molecule has 2 aromatic carbocycles. The van der Waals surface area contributed by atoms with Crippen molar-refractivity contribution in [3.05, 3.63) is 64.3 Å². The van der Waals surface area contributed by atoms with Crippen molar-refractivity contribution in [3.8, 4) is 0 Å². The van der Waals surface area contributed by atoms with E-state index >= 15 is 0 Å². The molecule has 0 radical (unpaired) electrons. The average Bonchev–Trinajstić information content (AvgIpc) is 2.88. The van der Waals surface area contributed by atoms with E-state index in [0.29, 0.717) is 0 Å². The molecule has 1 heterocycles. The van der Waals surface area contributed by atoms with Crippen LogP contribution in [0.25, 0.3) is 10.8 Å². The number of nitro groups is 1. The highest BCUT2D eigenvalue weighted by Gasteiger charge is 2.22. The third kappa shape index (κ3) is 2.10. The quantitative estimate of drug-likeness (QED) is 0.590. The van der Waals surface area contributed by atoms with Gasteiger partial charge in [0.1, 0.15) is 6.20 Å². The summed E-state index contributed by atoms with van der Waals surface area (Å²) in [5, 5.41) is 17.1. The zero-order valence-electron chi connectivity index (χ0n) is 11.4. The smallest absolute Gasteiger partial charge is 0.330 e. The van der Waals surface area contributed by atoms with Crippen molar-refractivity contribution in [2.24, 2.45) is 0 Å². The van der Waals surface area contributed by atoms with Gasteiger partial charge in [-0.25, -0.2) is 4.68 Å². The summed E-state index contributed by atoms with van der Waals surface area (Å²) >= 11 is 0. The minimum absolute atomic E-state index is 0.0698. The number of benzene rings is 2. The normalized spacial score (nSPS) is 12.4. The van der Waals surface area contributed by atoms with Gasteiger partial charge >= 0.3 is 5.69 Å².